The molecule has 140 valence electrons. The Bertz CT molecular complexity index is 916. The summed E-state index contributed by atoms with van der Waals surface area (Å²) in [7, 11) is -2.16. The molecule has 7 nitrogen and oxygen atoms in total. The predicted octanol–water partition coefficient (Wildman–Crippen LogP) is 2.61. The Morgan fingerprint density at radius 2 is 1.77 bits per heavy atom. The van der Waals surface area contributed by atoms with Crippen LogP contribution in [0.5, 0.6) is 5.88 Å². The Balaban J connectivity index is 1.78. The van der Waals surface area contributed by atoms with E-state index in [1.54, 1.807) is 26.2 Å². The molecular formula is C16H18Cl2N4O3S. The number of hydrogen-bond acceptors (Lipinski definition) is 6. The second-order valence-corrected chi connectivity index (χ2v) is 8.53. The van der Waals surface area contributed by atoms with E-state index in [-0.39, 0.29) is 9.92 Å². The number of halogens is 2. The first-order valence-electron chi connectivity index (χ1n) is 7.91. The zero-order chi connectivity index (χ0) is 18.9. The highest BCUT2D eigenvalue weighted by atomic mass is 35.5. The zero-order valence-electron chi connectivity index (χ0n) is 14.3. The van der Waals surface area contributed by atoms with Crippen molar-refractivity contribution in [2.45, 2.75) is 11.8 Å². The van der Waals surface area contributed by atoms with Gasteiger partial charge in [-0.25, -0.2) is 13.4 Å². The van der Waals surface area contributed by atoms with Crippen LogP contribution in [-0.4, -0.2) is 56.0 Å². The van der Waals surface area contributed by atoms with Crippen molar-refractivity contribution < 1.29 is 13.2 Å². The van der Waals surface area contributed by atoms with Crippen LogP contribution in [0.15, 0.2) is 29.2 Å². The topological polar surface area (TPSA) is 75.6 Å². The van der Waals surface area contributed by atoms with E-state index in [1.807, 2.05) is 4.90 Å². The van der Waals surface area contributed by atoms with E-state index in [1.165, 1.54) is 16.4 Å². The maximum atomic E-state index is 12.9. The molecule has 0 spiro atoms. The summed E-state index contributed by atoms with van der Waals surface area (Å²) in [5.74, 6) is 1.79. The van der Waals surface area contributed by atoms with Crippen LogP contribution in [0.4, 0.5) is 5.82 Å². The Labute approximate surface area is 162 Å². The van der Waals surface area contributed by atoms with Crippen molar-refractivity contribution in [3.63, 3.8) is 0 Å². The van der Waals surface area contributed by atoms with E-state index >= 15 is 0 Å². The minimum atomic E-state index is -3.71. The molecule has 1 aliphatic rings. The fourth-order valence-corrected chi connectivity index (χ4v) is 4.92. The molecule has 0 N–H and O–H groups in total. The average molecular weight is 417 g/mol. The number of aryl methyl sites for hydroxylation is 1. The molecule has 1 aromatic carbocycles. The van der Waals surface area contributed by atoms with Crippen molar-refractivity contribution in [1.82, 2.24) is 14.3 Å². The highest BCUT2D eigenvalue weighted by Crippen LogP contribution is 2.29. The van der Waals surface area contributed by atoms with Crippen LogP contribution in [-0.2, 0) is 10.0 Å². The third-order valence-corrected chi connectivity index (χ3v) is 6.70. The normalized spacial score (nSPS) is 15.9. The molecule has 0 saturated carbocycles. The van der Waals surface area contributed by atoms with Gasteiger partial charge in [-0.3, -0.25) is 0 Å². The number of aromatic nitrogens is 2. The van der Waals surface area contributed by atoms with Gasteiger partial charge < -0.3 is 9.64 Å². The lowest BCUT2D eigenvalue weighted by Gasteiger charge is -2.34. The van der Waals surface area contributed by atoms with E-state index < -0.39 is 10.0 Å². The van der Waals surface area contributed by atoms with Crippen molar-refractivity contribution in [2.75, 3.05) is 38.2 Å². The Morgan fingerprint density at radius 1 is 1.08 bits per heavy atom. The van der Waals surface area contributed by atoms with Gasteiger partial charge in [-0.1, -0.05) is 23.2 Å². The molecule has 2 aromatic rings. The lowest BCUT2D eigenvalue weighted by Crippen LogP contribution is -2.49. The van der Waals surface area contributed by atoms with Crippen molar-refractivity contribution in [1.29, 1.82) is 0 Å². The van der Waals surface area contributed by atoms with Crippen molar-refractivity contribution in [3.8, 4) is 5.88 Å². The molecule has 1 saturated heterocycles. The monoisotopic (exact) mass is 416 g/mol. The van der Waals surface area contributed by atoms with Crippen LogP contribution in [0.2, 0.25) is 10.0 Å². The minimum absolute atomic E-state index is 0.0275. The second-order valence-electron chi connectivity index (χ2n) is 5.78. The molecule has 1 aliphatic heterocycles. The number of sulfonamides is 1. The number of hydrogen-bond donors (Lipinski definition) is 0. The van der Waals surface area contributed by atoms with Gasteiger partial charge in [-0.2, -0.15) is 9.29 Å². The average Bonchev–Trinajstić information content (AvgIpc) is 2.63. The molecule has 10 heteroatoms. The van der Waals surface area contributed by atoms with Crippen LogP contribution in [0.1, 0.15) is 5.82 Å². The summed E-state index contributed by atoms with van der Waals surface area (Å²) >= 11 is 12.0. The third-order valence-electron chi connectivity index (χ3n) is 4.08. The van der Waals surface area contributed by atoms with Crippen molar-refractivity contribution >= 4 is 39.0 Å². The van der Waals surface area contributed by atoms with Crippen LogP contribution >= 0.6 is 23.2 Å². The molecule has 1 aromatic heterocycles. The van der Waals surface area contributed by atoms with Crippen LogP contribution in [0.25, 0.3) is 0 Å². The van der Waals surface area contributed by atoms with Crippen LogP contribution in [0.3, 0.4) is 0 Å². The largest absolute Gasteiger partial charge is 0.481 e. The van der Waals surface area contributed by atoms with Gasteiger partial charge in [0.1, 0.15) is 16.5 Å². The van der Waals surface area contributed by atoms with Gasteiger partial charge >= 0.3 is 0 Å². The first-order valence-corrected chi connectivity index (χ1v) is 10.1. The fraction of sp³-hybridized carbons (Fsp3) is 0.375. The van der Waals surface area contributed by atoms with Gasteiger partial charge in [0.2, 0.25) is 15.9 Å². The molecule has 0 radical (unpaired) electrons. The van der Waals surface area contributed by atoms with E-state index in [9.17, 15) is 8.42 Å². The number of methoxy groups -OCH3 is 1. The summed E-state index contributed by atoms with van der Waals surface area (Å²) in [6.07, 6.45) is 0. The second kappa shape index (κ2) is 7.56. The van der Waals surface area contributed by atoms with Gasteiger partial charge in [-0.05, 0) is 25.1 Å². The summed E-state index contributed by atoms with van der Waals surface area (Å²) in [6, 6.07) is 6.17. The molecule has 0 unspecified atom stereocenters. The molecular weight excluding hydrogens is 399 g/mol. The van der Waals surface area contributed by atoms with Gasteiger partial charge in [0.15, 0.2) is 0 Å². The standard InChI is InChI=1S/C16H18Cl2N4O3S/c1-11-19-15(10-16(20-11)25-2)21-5-7-22(8-6-21)26(23,24)14-9-12(17)3-4-13(14)18/h3-4,9-10H,5-8H2,1-2H3. The van der Waals surface area contributed by atoms with Crippen molar-refractivity contribution in [3.05, 3.63) is 40.1 Å². The summed E-state index contributed by atoms with van der Waals surface area (Å²) in [5.41, 5.74) is 0. The van der Waals surface area contributed by atoms with Gasteiger partial charge in [0.25, 0.3) is 0 Å². The number of piperazine rings is 1. The Hall–Kier alpha value is -1.61. The minimum Gasteiger partial charge on any atom is -0.481 e. The van der Waals surface area contributed by atoms with Crippen LogP contribution in [0, 0.1) is 6.92 Å². The van der Waals surface area contributed by atoms with Gasteiger partial charge in [-0.15, -0.1) is 0 Å². The smallest absolute Gasteiger partial charge is 0.244 e. The number of nitrogens with zero attached hydrogens (tertiary/aromatic N) is 4. The molecule has 0 amide bonds. The highest BCUT2D eigenvalue weighted by molar-refractivity contribution is 7.89. The summed E-state index contributed by atoms with van der Waals surface area (Å²) in [4.78, 5) is 10.6. The van der Waals surface area contributed by atoms with Gasteiger partial charge in [0.05, 0.1) is 12.1 Å². The lowest BCUT2D eigenvalue weighted by atomic mass is 10.3. The predicted molar refractivity (Wildman–Crippen MR) is 101 cm³/mol. The molecule has 0 aliphatic carbocycles. The molecule has 0 atom stereocenters. The van der Waals surface area contributed by atoms with E-state index in [0.29, 0.717) is 48.7 Å². The highest BCUT2D eigenvalue weighted by Gasteiger charge is 2.30. The van der Waals surface area contributed by atoms with E-state index in [2.05, 4.69) is 9.97 Å². The number of rotatable bonds is 4. The number of ether oxygens (including phenoxy) is 1. The third kappa shape index (κ3) is 3.88. The molecule has 0 bridgehead atoms. The van der Waals surface area contributed by atoms with Crippen LogP contribution < -0.4 is 9.64 Å². The van der Waals surface area contributed by atoms with Crippen molar-refractivity contribution in [2.24, 2.45) is 0 Å². The maximum absolute atomic E-state index is 12.9. The zero-order valence-corrected chi connectivity index (χ0v) is 16.6. The van der Waals surface area contributed by atoms with E-state index in [4.69, 9.17) is 27.9 Å². The summed E-state index contributed by atoms with van der Waals surface area (Å²) < 4.78 is 32.3. The first-order chi connectivity index (χ1) is 12.3. The Morgan fingerprint density at radius 3 is 2.42 bits per heavy atom. The Kier molecular flexibility index (Phi) is 5.57. The van der Waals surface area contributed by atoms with E-state index in [0.717, 1.165) is 0 Å². The lowest BCUT2D eigenvalue weighted by molar-refractivity contribution is 0.380. The first kappa shape index (κ1) is 19.2. The fourth-order valence-electron chi connectivity index (χ4n) is 2.76. The number of benzene rings is 1. The molecule has 2 heterocycles. The molecule has 3 rings (SSSR count). The van der Waals surface area contributed by atoms with Gasteiger partial charge in [0, 0.05) is 37.3 Å². The molecule has 26 heavy (non-hydrogen) atoms. The molecule has 1 fully saturated rings. The number of anilines is 1. The SMILES string of the molecule is COc1cc(N2CCN(S(=O)(=O)c3cc(Cl)ccc3Cl)CC2)nc(C)n1. The summed E-state index contributed by atoms with van der Waals surface area (Å²) in [5, 5.41) is 0.489. The quantitative estimate of drug-likeness (QED) is 0.762. The summed E-state index contributed by atoms with van der Waals surface area (Å²) in [6.45, 7) is 3.41. The maximum Gasteiger partial charge on any atom is 0.244 e.